The molecular weight excluding hydrogens is 276 g/mol. The van der Waals surface area contributed by atoms with Crippen molar-refractivity contribution in [1.82, 2.24) is 9.97 Å². The zero-order valence-electron chi connectivity index (χ0n) is 8.88. The number of benzene rings is 1. The molecule has 0 fully saturated rings. The van der Waals surface area contributed by atoms with Crippen molar-refractivity contribution in [3.05, 3.63) is 51.4 Å². The van der Waals surface area contributed by atoms with E-state index in [4.69, 9.17) is 16.7 Å². The van der Waals surface area contributed by atoms with E-state index in [0.29, 0.717) is 15.1 Å². The highest BCUT2D eigenvalue weighted by Crippen LogP contribution is 2.29. The first-order valence-corrected chi connectivity index (χ1v) is 6.02. The Labute approximate surface area is 111 Å². The standard InChI is InChI=1S/C11H7ClN2O3S/c12-6-1-2-8(7(5-6)10(16)17)18-11-13-4-3-9(15)14-11/h1-5H,(H,16,17)(H,13,14,15). The van der Waals surface area contributed by atoms with Crippen molar-refractivity contribution in [3.63, 3.8) is 0 Å². The fourth-order valence-corrected chi connectivity index (χ4v) is 2.30. The van der Waals surface area contributed by atoms with E-state index in [9.17, 15) is 9.59 Å². The van der Waals surface area contributed by atoms with Crippen molar-refractivity contribution >= 4 is 29.3 Å². The van der Waals surface area contributed by atoms with Gasteiger partial charge in [0.25, 0.3) is 5.56 Å². The predicted octanol–water partition coefficient (Wildman–Crippen LogP) is 2.27. The third-order valence-corrected chi connectivity index (χ3v) is 3.24. The number of nitrogens with zero attached hydrogens (tertiary/aromatic N) is 1. The van der Waals surface area contributed by atoms with Gasteiger partial charge in [0.15, 0.2) is 5.16 Å². The second-order valence-electron chi connectivity index (χ2n) is 3.29. The number of carboxylic acid groups (broad SMARTS) is 1. The molecule has 0 bridgehead atoms. The number of halogens is 1. The van der Waals surface area contributed by atoms with Gasteiger partial charge in [0.05, 0.1) is 5.56 Å². The van der Waals surface area contributed by atoms with Gasteiger partial charge in [-0.15, -0.1) is 0 Å². The molecule has 0 unspecified atom stereocenters. The van der Waals surface area contributed by atoms with Crippen LogP contribution in [0.4, 0.5) is 0 Å². The summed E-state index contributed by atoms with van der Waals surface area (Å²) in [6, 6.07) is 5.79. The first kappa shape index (κ1) is 12.7. The Hall–Kier alpha value is -1.79. The molecule has 92 valence electrons. The minimum Gasteiger partial charge on any atom is -0.478 e. The number of rotatable bonds is 3. The highest BCUT2D eigenvalue weighted by molar-refractivity contribution is 7.99. The van der Waals surface area contributed by atoms with Crippen LogP contribution in [0.5, 0.6) is 0 Å². The lowest BCUT2D eigenvalue weighted by Gasteiger charge is -2.05. The van der Waals surface area contributed by atoms with E-state index in [0.717, 1.165) is 11.8 Å². The van der Waals surface area contributed by atoms with Crippen LogP contribution in [0.15, 0.2) is 45.3 Å². The summed E-state index contributed by atoms with van der Waals surface area (Å²) in [4.78, 5) is 29.1. The van der Waals surface area contributed by atoms with Crippen molar-refractivity contribution in [3.8, 4) is 0 Å². The largest absolute Gasteiger partial charge is 0.478 e. The number of hydrogen-bond donors (Lipinski definition) is 2. The molecule has 1 heterocycles. The lowest BCUT2D eigenvalue weighted by Crippen LogP contribution is -2.06. The smallest absolute Gasteiger partial charge is 0.336 e. The maximum Gasteiger partial charge on any atom is 0.336 e. The fourth-order valence-electron chi connectivity index (χ4n) is 1.27. The normalized spacial score (nSPS) is 10.3. The molecule has 0 spiro atoms. The molecule has 2 rings (SSSR count). The summed E-state index contributed by atoms with van der Waals surface area (Å²) >= 11 is 6.80. The van der Waals surface area contributed by atoms with Crippen molar-refractivity contribution in [2.45, 2.75) is 10.1 Å². The van der Waals surface area contributed by atoms with Gasteiger partial charge >= 0.3 is 5.97 Å². The van der Waals surface area contributed by atoms with Crippen LogP contribution in [0, 0.1) is 0 Å². The third kappa shape index (κ3) is 2.91. The van der Waals surface area contributed by atoms with Crippen LogP contribution in [0.2, 0.25) is 5.02 Å². The molecule has 0 atom stereocenters. The maximum atomic E-state index is 11.1. The molecule has 18 heavy (non-hydrogen) atoms. The highest BCUT2D eigenvalue weighted by atomic mass is 35.5. The molecule has 2 N–H and O–H groups in total. The van der Waals surface area contributed by atoms with E-state index in [1.807, 2.05) is 0 Å². The van der Waals surface area contributed by atoms with Gasteiger partial charge in [-0.05, 0) is 18.2 Å². The molecule has 1 aromatic carbocycles. The molecule has 0 saturated heterocycles. The lowest BCUT2D eigenvalue weighted by molar-refractivity contribution is 0.0693. The SMILES string of the molecule is O=C(O)c1cc(Cl)ccc1Sc1nccc(=O)[nH]1. The first-order chi connectivity index (χ1) is 8.56. The van der Waals surface area contributed by atoms with Gasteiger partial charge in [-0.2, -0.15) is 0 Å². The Morgan fingerprint density at radius 3 is 2.83 bits per heavy atom. The molecule has 0 saturated carbocycles. The number of carboxylic acids is 1. The first-order valence-electron chi connectivity index (χ1n) is 4.82. The highest BCUT2D eigenvalue weighted by Gasteiger charge is 2.12. The number of aromatic amines is 1. The fraction of sp³-hybridized carbons (Fsp3) is 0. The molecule has 0 aliphatic carbocycles. The van der Waals surface area contributed by atoms with Crippen LogP contribution in [-0.4, -0.2) is 21.0 Å². The van der Waals surface area contributed by atoms with Gasteiger partial charge in [0.2, 0.25) is 0 Å². The average molecular weight is 283 g/mol. The van der Waals surface area contributed by atoms with E-state index >= 15 is 0 Å². The lowest BCUT2D eigenvalue weighted by atomic mass is 10.2. The Bertz CT molecular complexity index is 657. The summed E-state index contributed by atoms with van der Waals surface area (Å²) in [5, 5.41) is 9.72. The van der Waals surface area contributed by atoms with Crippen molar-refractivity contribution in [2.24, 2.45) is 0 Å². The molecule has 0 radical (unpaired) electrons. The van der Waals surface area contributed by atoms with Crippen LogP contribution >= 0.6 is 23.4 Å². The zero-order valence-corrected chi connectivity index (χ0v) is 10.5. The van der Waals surface area contributed by atoms with Crippen LogP contribution in [-0.2, 0) is 0 Å². The zero-order chi connectivity index (χ0) is 13.1. The predicted molar refractivity (Wildman–Crippen MR) is 67.4 cm³/mol. The summed E-state index contributed by atoms with van der Waals surface area (Å²) in [5.74, 6) is -1.08. The number of H-pyrrole nitrogens is 1. The van der Waals surface area contributed by atoms with Crippen molar-refractivity contribution in [2.75, 3.05) is 0 Å². The maximum absolute atomic E-state index is 11.1. The summed E-state index contributed by atoms with van der Waals surface area (Å²) in [6.45, 7) is 0. The molecule has 0 aliphatic heterocycles. The monoisotopic (exact) mass is 282 g/mol. The summed E-state index contributed by atoms with van der Waals surface area (Å²) in [7, 11) is 0. The second-order valence-corrected chi connectivity index (χ2v) is 4.75. The van der Waals surface area contributed by atoms with E-state index in [1.165, 1.54) is 18.3 Å². The molecule has 0 aliphatic rings. The quantitative estimate of drug-likeness (QED) is 0.844. The van der Waals surface area contributed by atoms with Crippen LogP contribution in [0.25, 0.3) is 0 Å². The third-order valence-electron chi connectivity index (χ3n) is 2.03. The number of hydrogen-bond acceptors (Lipinski definition) is 4. The topological polar surface area (TPSA) is 83.0 Å². The van der Waals surface area contributed by atoms with E-state index in [-0.39, 0.29) is 11.1 Å². The molecule has 7 heteroatoms. The summed E-state index contributed by atoms with van der Waals surface area (Å²) < 4.78 is 0. The van der Waals surface area contributed by atoms with Gasteiger partial charge in [0, 0.05) is 22.2 Å². The second kappa shape index (κ2) is 5.24. The number of carbonyl (C=O) groups is 1. The van der Waals surface area contributed by atoms with Crippen molar-refractivity contribution in [1.29, 1.82) is 0 Å². The molecule has 1 aromatic heterocycles. The Morgan fingerprint density at radius 1 is 1.39 bits per heavy atom. The van der Waals surface area contributed by atoms with E-state index < -0.39 is 5.97 Å². The molecule has 2 aromatic rings. The average Bonchev–Trinajstić information content (AvgIpc) is 2.31. The number of aromatic carboxylic acids is 1. The van der Waals surface area contributed by atoms with Gasteiger partial charge < -0.3 is 10.1 Å². The van der Waals surface area contributed by atoms with E-state index in [2.05, 4.69) is 9.97 Å². The molecular formula is C11H7ClN2O3S. The summed E-state index contributed by atoms with van der Waals surface area (Å²) in [6.07, 6.45) is 1.36. The van der Waals surface area contributed by atoms with Crippen LogP contribution < -0.4 is 5.56 Å². The minimum absolute atomic E-state index is 0.0685. The Balaban J connectivity index is 2.40. The van der Waals surface area contributed by atoms with E-state index in [1.54, 1.807) is 12.1 Å². The molecule has 0 amide bonds. The van der Waals surface area contributed by atoms with Crippen molar-refractivity contribution < 1.29 is 9.90 Å². The minimum atomic E-state index is -1.08. The van der Waals surface area contributed by atoms with Gasteiger partial charge in [-0.3, -0.25) is 4.79 Å². The summed E-state index contributed by atoms with van der Waals surface area (Å²) in [5.41, 5.74) is -0.225. The number of aromatic nitrogens is 2. The van der Waals surface area contributed by atoms with Gasteiger partial charge in [-0.1, -0.05) is 23.4 Å². The van der Waals surface area contributed by atoms with Gasteiger partial charge in [0.1, 0.15) is 0 Å². The Kier molecular flexibility index (Phi) is 3.69. The van der Waals surface area contributed by atoms with Crippen LogP contribution in [0.1, 0.15) is 10.4 Å². The molecule has 5 nitrogen and oxygen atoms in total. The Morgan fingerprint density at radius 2 is 2.17 bits per heavy atom. The van der Waals surface area contributed by atoms with Crippen LogP contribution in [0.3, 0.4) is 0 Å². The number of nitrogens with one attached hydrogen (secondary N) is 1. The van der Waals surface area contributed by atoms with Gasteiger partial charge in [-0.25, -0.2) is 9.78 Å².